The molecule has 1 rings (SSSR count). The van der Waals surface area contributed by atoms with Crippen LogP contribution in [0.1, 0.15) is 0 Å². The van der Waals surface area contributed by atoms with E-state index in [4.69, 9.17) is 35.0 Å². The molecule has 3 nitrogen and oxygen atoms in total. The highest BCUT2D eigenvalue weighted by Gasteiger charge is 2.30. The molecule has 0 saturated carbocycles. The molecule has 6 heteroatoms. The highest BCUT2D eigenvalue weighted by Crippen LogP contribution is 2.26. The van der Waals surface area contributed by atoms with Gasteiger partial charge in [-0.25, -0.2) is 0 Å². The summed E-state index contributed by atoms with van der Waals surface area (Å²) in [7, 11) is 0. The van der Waals surface area contributed by atoms with Gasteiger partial charge in [-0.05, 0) is 11.8 Å². The second kappa shape index (κ2) is 4.84. The van der Waals surface area contributed by atoms with Crippen LogP contribution in [0.5, 0.6) is 0 Å². The number of hydrogen-bond acceptors (Lipinski definition) is 3. The molecule has 0 radical (unpaired) electrons. The summed E-state index contributed by atoms with van der Waals surface area (Å²) in [5.41, 5.74) is 0. The van der Waals surface area contributed by atoms with Crippen molar-refractivity contribution in [2.24, 2.45) is 0 Å². The summed E-state index contributed by atoms with van der Waals surface area (Å²) in [5.74, 6) is 0. The average molecular weight is 233 g/mol. The van der Waals surface area contributed by atoms with Gasteiger partial charge in [0, 0.05) is 32.7 Å². The van der Waals surface area contributed by atoms with Gasteiger partial charge in [0.25, 0.3) is 0 Å². The summed E-state index contributed by atoms with van der Waals surface area (Å²) in [4.78, 5) is 0. The van der Waals surface area contributed by atoms with Crippen molar-refractivity contribution < 1.29 is 0 Å². The first-order valence-corrected chi connectivity index (χ1v) is 4.95. The second-order valence-electron chi connectivity index (χ2n) is 2.68. The second-order valence-corrected chi connectivity index (χ2v) is 4.53. The van der Waals surface area contributed by atoms with Gasteiger partial charge in [-0.3, -0.25) is 0 Å². The molecule has 1 saturated heterocycles. The first-order chi connectivity index (χ1) is 5.63. The molecule has 0 amide bonds. The smallest absolute Gasteiger partial charge is 0.196 e. The molecule has 12 heavy (non-hydrogen) atoms. The molecular weight excluding hydrogens is 220 g/mol. The summed E-state index contributed by atoms with van der Waals surface area (Å²) in [6, 6.07) is 0. The summed E-state index contributed by atoms with van der Waals surface area (Å²) in [5, 5.41) is 6.28. The molecule has 0 aromatic heterocycles. The lowest BCUT2D eigenvalue weighted by atomic mass is 10.5. The molecule has 1 aliphatic heterocycles. The fourth-order valence-corrected chi connectivity index (χ4v) is 1.47. The van der Waals surface area contributed by atoms with Gasteiger partial charge in [-0.1, -0.05) is 23.2 Å². The number of nitrogens with zero attached hydrogens (tertiary/aromatic N) is 1. The van der Waals surface area contributed by atoms with Crippen molar-refractivity contribution in [1.82, 2.24) is 15.1 Å². The van der Waals surface area contributed by atoms with E-state index in [0.29, 0.717) is 13.1 Å². The molecule has 0 bridgehead atoms. The van der Waals surface area contributed by atoms with Gasteiger partial charge in [-0.2, -0.15) is 4.42 Å². The molecule has 0 spiro atoms. The van der Waals surface area contributed by atoms with Crippen LogP contribution >= 0.6 is 35.0 Å². The van der Waals surface area contributed by atoms with E-state index < -0.39 is 4.46 Å². The highest BCUT2D eigenvalue weighted by molar-refractivity contribution is 6.50. The molecule has 72 valence electrons. The number of nitrogens with one attached hydrogen (secondary N) is 2. The third kappa shape index (κ3) is 3.24. The van der Waals surface area contributed by atoms with Crippen LogP contribution in [0.4, 0.5) is 0 Å². The Bertz CT molecular complexity index is 142. The fraction of sp³-hybridized carbons (Fsp3) is 1.00. The Morgan fingerprint density at radius 3 is 2.50 bits per heavy atom. The molecule has 0 unspecified atom stereocenters. The van der Waals surface area contributed by atoms with Gasteiger partial charge < -0.3 is 10.6 Å². The third-order valence-electron chi connectivity index (χ3n) is 1.66. The summed E-state index contributed by atoms with van der Waals surface area (Å²) < 4.78 is 0.398. The van der Waals surface area contributed by atoms with Crippen LogP contribution in [0, 0.1) is 0 Å². The zero-order valence-corrected chi connectivity index (χ0v) is 8.88. The molecule has 0 atom stereocenters. The lowest BCUT2D eigenvalue weighted by Crippen LogP contribution is -2.42. The number of rotatable bonds is 0. The van der Waals surface area contributed by atoms with Gasteiger partial charge >= 0.3 is 0 Å². The molecule has 1 fully saturated rings. The Morgan fingerprint density at radius 1 is 1.08 bits per heavy atom. The maximum atomic E-state index is 5.94. The molecule has 0 aliphatic carbocycles. The van der Waals surface area contributed by atoms with Crippen molar-refractivity contribution in [1.29, 1.82) is 0 Å². The lowest BCUT2D eigenvalue weighted by Gasteiger charge is -2.27. The van der Waals surface area contributed by atoms with Crippen LogP contribution in [0.2, 0.25) is 0 Å². The van der Waals surface area contributed by atoms with E-state index in [9.17, 15) is 0 Å². The predicted molar refractivity (Wildman–Crippen MR) is 52.7 cm³/mol. The molecule has 1 aliphatic rings. The molecule has 0 aromatic rings. The van der Waals surface area contributed by atoms with E-state index in [0.717, 1.165) is 19.6 Å². The normalized spacial score (nSPS) is 27.2. The Kier molecular flexibility index (Phi) is 4.37. The van der Waals surface area contributed by atoms with E-state index >= 15 is 0 Å². The first-order valence-electron chi connectivity index (χ1n) is 3.85. The summed E-state index contributed by atoms with van der Waals surface area (Å²) in [6.45, 7) is 3.67. The zero-order chi connectivity index (χ0) is 9.03. The number of halogens is 3. The maximum absolute atomic E-state index is 5.94. The zero-order valence-electron chi connectivity index (χ0n) is 6.62. The number of hydrogen-bond donors (Lipinski definition) is 2. The third-order valence-corrected chi connectivity index (χ3v) is 2.96. The van der Waals surface area contributed by atoms with Crippen LogP contribution in [0.15, 0.2) is 0 Å². The van der Waals surface area contributed by atoms with Crippen LogP contribution in [0.25, 0.3) is 0 Å². The van der Waals surface area contributed by atoms with Crippen LogP contribution in [-0.4, -0.2) is 41.6 Å². The van der Waals surface area contributed by atoms with E-state index in [1.165, 1.54) is 4.42 Å². The Labute approximate surface area is 87.4 Å². The minimum absolute atomic E-state index is 0.474. The van der Waals surface area contributed by atoms with Crippen LogP contribution in [-0.2, 0) is 0 Å². The van der Waals surface area contributed by atoms with Crippen molar-refractivity contribution in [3.63, 3.8) is 0 Å². The molecular formula is C6H12Cl3N3. The average Bonchev–Trinajstić information content (AvgIpc) is 2.06. The van der Waals surface area contributed by atoms with E-state index in [1.807, 2.05) is 0 Å². The van der Waals surface area contributed by atoms with Crippen molar-refractivity contribution in [2.45, 2.75) is 4.46 Å². The SMILES string of the molecule is ClN1CCNCCNCC1(Cl)Cl. The fourth-order valence-electron chi connectivity index (χ4n) is 0.967. The monoisotopic (exact) mass is 231 g/mol. The van der Waals surface area contributed by atoms with E-state index in [1.54, 1.807) is 0 Å². The topological polar surface area (TPSA) is 27.3 Å². The molecule has 2 N–H and O–H groups in total. The van der Waals surface area contributed by atoms with Gasteiger partial charge in [-0.15, -0.1) is 0 Å². The molecule has 1 heterocycles. The van der Waals surface area contributed by atoms with Gasteiger partial charge in [0.05, 0.1) is 0 Å². The quantitative estimate of drug-likeness (QED) is 0.367. The molecule has 0 aromatic carbocycles. The summed E-state index contributed by atoms with van der Waals surface area (Å²) >= 11 is 17.7. The highest BCUT2D eigenvalue weighted by atomic mass is 35.5. The standard InChI is InChI=1S/C6H12Cl3N3/c7-6(8)5-11-2-1-10-3-4-12(6)9/h10-11H,1-5H2. The van der Waals surface area contributed by atoms with Crippen molar-refractivity contribution >= 4 is 35.0 Å². The van der Waals surface area contributed by atoms with Crippen molar-refractivity contribution in [2.75, 3.05) is 32.7 Å². The summed E-state index contributed by atoms with van der Waals surface area (Å²) in [6.07, 6.45) is 0. The Morgan fingerprint density at radius 2 is 1.75 bits per heavy atom. The van der Waals surface area contributed by atoms with E-state index in [2.05, 4.69) is 10.6 Å². The Balaban J connectivity index is 2.47. The predicted octanol–water partition coefficient (Wildman–Crippen LogP) is 0.766. The van der Waals surface area contributed by atoms with Crippen molar-refractivity contribution in [3.8, 4) is 0 Å². The van der Waals surface area contributed by atoms with Gasteiger partial charge in [0.2, 0.25) is 0 Å². The van der Waals surface area contributed by atoms with Gasteiger partial charge in [0.15, 0.2) is 4.46 Å². The lowest BCUT2D eigenvalue weighted by molar-refractivity contribution is 0.381. The first kappa shape index (κ1) is 10.8. The number of alkyl halides is 2. The van der Waals surface area contributed by atoms with Gasteiger partial charge in [0.1, 0.15) is 0 Å². The van der Waals surface area contributed by atoms with Crippen LogP contribution < -0.4 is 10.6 Å². The largest absolute Gasteiger partial charge is 0.314 e. The Hall–Kier alpha value is 0.750. The minimum atomic E-state index is -1.01. The van der Waals surface area contributed by atoms with Crippen molar-refractivity contribution in [3.05, 3.63) is 0 Å². The maximum Gasteiger partial charge on any atom is 0.196 e. The minimum Gasteiger partial charge on any atom is -0.314 e. The van der Waals surface area contributed by atoms with Crippen LogP contribution in [0.3, 0.4) is 0 Å². The van der Waals surface area contributed by atoms with E-state index in [-0.39, 0.29) is 0 Å².